The van der Waals surface area contributed by atoms with E-state index < -0.39 is 11.4 Å². The molecule has 0 fully saturated rings. The van der Waals surface area contributed by atoms with E-state index in [2.05, 4.69) is 5.32 Å². The molecular weight excluding hydrogens is 297 g/mol. The normalized spacial score (nSPS) is 11.7. The van der Waals surface area contributed by atoms with Gasteiger partial charge in [0.15, 0.2) is 11.3 Å². The van der Waals surface area contributed by atoms with Gasteiger partial charge >= 0.3 is 0 Å². The first-order valence-corrected chi connectivity index (χ1v) is 6.69. The van der Waals surface area contributed by atoms with Crippen LogP contribution in [-0.4, -0.2) is 17.2 Å². The van der Waals surface area contributed by atoms with Crippen LogP contribution in [0.3, 0.4) is 0 Å². The molecule has 102 valence electrons. The van der Waals surface area contributed by atoms with E-state index in [1.54, 1.807) is 54.6 Å². The minimum absolute atomic E-state index is 0.352. The van der Waals surface area contributed by atoms with Crippen LogP contribution in [0.1, 0.15) is 20.7 Å². The van der Waals surface area contributed by atoms with E-state index in [0.717, 1.165) is 0 Å². The quantitative estimate of drug-likeness (QED) is 0.534. The molecule has 0 saturated carbocycles. The first-order chi connectivity index (χ1) is 9.58. The minimum Gasteiger partial charge on any atom is -0.329 e. The van der Waals surface area contributed by atoms with Crippen molar-refractivity contribution < 1.29 is 9.59 Å². The van der Waals surface area contributed by atoms with Crippen molar-refractivity contribution in [3.63, 3.8) is 0 Å². The summed E-state index contributed by atoms with van der Waals surface area (Å²) < 4.78 is 0. The molecule has 5 heteroatoms. The van der Waals surface area contributed by atoms with Gasteiger partial charge in [-0.2, -0.15) is 0 Å². The van der Waals surface area contributed by atoms with E-state index in [-0.39, 0.29) is 5.78 Å². The van der Waals surface area contributed by atoms with Gasteiger partial charge in [0.25, 0.3) is 5.91 Å². The fourth-order valence-electron chi connectivity index (χ4n) is 1.61. The summed E-state index contributed by atoms with van der Waals surface area (Å²) >= 11 is 11.7. The molecule has 0 aliphatic heterocycles. The summed E-state index contributed by atoms with van der Waals surface area (Å²) in [6.45, 7) is 0. The molecule has 0 aromatic heterocycles. The maximum Gasteiger partial charge on any atom is 0.252 e. The fraction of sp³-hybridized carbons (Fsp3) is 0.0667. The van der Waals surface area contributed by atoms with Crippen LogP contribution in [-0.2, 0) is 0 Å². The van der Waals surface area contributed by atoms with Crippen LogP contribution in [0.4, 0.5) is 0 Å². The van der Waals surface area contributed by atoms with Crippen LogP contribution in [0.2, 0.25) is 5.02 Å². The number of halogens is 2. The van der Waals surface area contributed by atoms with Gasteiger partial charge in [0, 0.05) is 16.1 Å². The van der Waals surface area contributed by atoms with Crippen LogP contribution < -0.4 is 5.32 Å². The molecule has 1 atom stereocenters. The zero-order valence-electron chi connectivity index (χ0n) is 10.3. The van der Waals surface area contributed by atoms with Crippen LogP contribution in [0.25, 0.3) is 0 Å². The fourth-order valence-corrected chi connectivity index (χ4v) is 1.97. The molecule has 2 aromatic carbocycles. The summed E-state index contributed by atoms with van der Waals surface area (Å²) in [4.78, 5) is 23.9. The van der Waals surface area contributed by atoms with Gasteiger partial charge in [0.2, 0.25) is 0 Å². The first kappa shape index (κ1) is 14.6. The Morgan fingerprint density at radius 2 is 1.50 bits per heavy atom. The highest BCUT2D eigenvalue weighted by atomic mass is 35.5. The topological polar surface area (TPSA) is 46.2 Å². The van der Waals surface area contributed by atoms with E-state index in [1.807, 2.05) is 0 Å². The number of hydrogen-bond acceptors (Lipinski definition) is 2. The van der Waals surface area contributed by atoms with Crippen molar-refractivity contribution in [3.05, 3.63) is 70.7 Å². The Morgan fingerprint density at radius 3 is 2.10 bits per heavy atom. The molecule has 0 spiro atoms. The average Bonchev–Trinajstić information content (AvgIpc) is 2.48. The Morgan fingerprint density at radius 1 is 0.900 bits per heavy atom. The molecule has 0 aliphatic carbocycles. The number of carbonyl (C=O) groups excluding carboxylic acids is 2. The molecule has 0 unspecified atom stereocenters. The number of Topliss-reactive ketones (excluding diaryl/α,β-unsaturated/α-hetero) is 1. The van der Waals surface area contributed by atoms with Crippen LogP contribution in [0, 0.1) is 0 Å². The van der Waals surface area contributed by atoms with Gasteiger partial charge in [-0.05, 0) is 24.3 Å². The van der Waals surface area contributed by atoms with Gasteiger partial charge in [0.05, 0.1) is 0 Å². The van der Waals surface area contributed by atoms with Crippen molar-refractivity contribution >= 4 is 34.9 Å². The molecule has 1 N–H and O–H groups in total. The number of ketones is 1. The molecular formula is C15H11Cl2NO2. The standard InChI is InChI=1S/C15H11Cl2NO2/c16-12-8-6-11(7-9-12)15(20)18-14(17)13(19)10-4-2-1-3-5-10/h1-9,14H,(H,18,20)/t14-/m1/s1. The van der Waals surface area contributed by atoms with Crippen LogP contribution in [0.5, 0.6) is 0 Å². The first-order valence-electron chi connectivity index (χ1n) is 5.87. The minimum atomic E-state index is -1.11. The number of nitrogens with one attached hydrogen (secondary N) is 1. The Hall–Kier alpha value is -1.84. The summed E-state index contributed by atoms with van der Waals surface area (Å²) in [7, 11) is 0. The second-order valence-electron chi connectivity index (χ2n) is 4.07. The number of carbonyl (C=O) groups is 2. The maximum absolute atomic E-state index is 12.0. The van der Waals surface area contributed by atoms with Crippen molar-refractivity contribution in [1.82, 2.24) is 5.32 Å². The Bertz CT molecular complexity index is 612. The Balaban J connectivity index is 2.04. The lowest BCUT2D eigenvalue weighted by Crippen LogP contribution is -2.36. The molecule has 2 rings (SSSR count). The third-order valence-electron chi connectivity index (χ3n) is 2.65. The van der Waals surface area contributed by atoms with Crippen molar-refractivity contribution in [3.8, 4) is 0 Å². The monoisotopic (exact) mass is 307 g/mol. The summed E-state index contributed by atoms with van der Waals surface area (Å²) in [5.74, 6) is -0.777. The van der Waals surface area contributed by atoms with Crippen LogP contribution >= 0.6 is 23.2 Å². The molecule has 0 radical (unpaired) electrons. The van der Waals surface area contributed by atoms with E-state index >= 15 is 0 Å². The average molecular weight is 308 g/mol. The van der Waals surface area contributed by atoms with E-state index in [4.69, 9.17) is 23.2 Å². The predicted molar refractivity (Wildman–Crippen MR) is 79.3 cm³/mol. The number of rotatable bonds is 4. The summed E-state index contributed by atoms with van der Waals surface area (Å²) in [5.41, 5.74) is -0.273. The second kappa shape index (κ2) is 6.55. The maximum atomic E-state index is 12.0. The summed E-state index contributed by atoms with van der Waals surface area (Å²) in [6.07, 6.45) is 0. The molecule has 3 nitrogen and oxygen atoms in total. The highest BCUT2D eigenvalue weighted by Crippen LogP contribution is 2.11. The lowest BCUT2D eigenvalue weighted by molar-refractivity contribution is 0.0889. The van der Waals surface area contributed by atoms with Crippen LogP contribution in [0.15, 0.2) is 54.6 Å². The van der Waals surface area contributed by atoms with Crippen molar-refractivity contribution in [1.29, 1.82) is 0 Å². The van der Waals surface area contributed by atoms with Crippen molar-refractivity contribution in [2.45, 2.75) is 5.50 Å². The smallest absolute Gasteiger partial charge is 0.252 e. The van der Waals surface area contributed by atoms with E-state index in [0.29, 0.717) is 16.1 Å². The van der Waals surface area contributed by atoms with Gasteiger partial charge in [-0.15, -0.1) is 0 Å². The lowest BCUT2D eigenvalue weighted by atomic mass is 10.1. The SMILES string of the molecule is O=C(N[C@@H](Cl)C(=O)c1ccccc1)c1ccc(Cl)cc1. The Labute approximate surface area is 126 Å². The number of benzene rings is 2. The number of amides is 1. The molecule has 0 saturated heterocycles. The molecule has 2 aromatic rings. The molecule has 0 heterocycles. The number of alkyl halides is 1. The third-order valence-corrected chi connectivity index (χ3v) is 3.21. The van der Waals surface area contributed by atoms with Gasteiger partial charge in [-0.1, -0.05) is 53.5 Å². The summed E-state index contributed by atoms with van der Waals surface area (Å²) in [6, 6.07) is 14.9. The predicted octanol–water partition coefficient (Wildman–Crippen LogP) is 3.52. The van der Waals surface area contributed by atoms with Gasteiger partial charge in [-0.25, -0.2) is 0 Å². The third kappa shape index (κ3) is 3.59. The summed E-state index contributed by atoms with van der Waals surface area (Å²) in [5, 5.41) is 2.98. The highest BCUT2D eigenvalue weighted by molar-refractivity contribution is 6.34. The van der Waals surface area contributed by atoms with E-state index in [1.165, 1.54) is 0 Å². The zero-order chi connectivity index (χ0) is 14.5. The largest absolute Gasteiger partial charge is 0.329 e. The Kier molecular flexibility index (Phi) is 4.77. The number of hydrogen-bond donors (Lipinski definition) is 1. The molecule has 0 aliphatic rings. The van der Waals surface area contributed by atoms with Crippen molar-refractivity contribution in [2.75, 3.05) is 0 Å². The molecule has 0 bridgehead atoms. The van der Waals surface area contributed by atoms with E-state index in [9.17, 15) is 9.59 Å². The molecule has 20 heavy (non-hydrogen) atoms. The van der Waals surface area contributed by atoms with Gasteiger partial charge in [-0.3, -0.25) is 9.59 Å². The highest BCUT2D eigenvalue weighted by Gasteiger charge is 2.19. The lowest BCUT2D eigenvalue weighted by Gasteiger charge is -2.11. The van der Waals surface area contributed by atoms with Gasteiger partial charge < -0.3 is 5.32 Å². The second-order valence-corrected chi connectivity index (χ2v) is 4.95. The zero-order valence-corrected chi connectivity index (χ0v) is 11.9. The van der Waals surface area contributed by atoms with Crippen molar-refractivity contribution in [2.24, 2.45) is 0 Å². The molecule has 1 amide bonds. The van der Waals surface area contributed by atoms with Gasteiger partial charge in [0.1, 0.15) is 0 Å².